The number of nitrogens with zero attached hydrogens (tertiary/aromatic N) is 2. The predicted molar refractivity (Wildman–Crippen MR) is 143 cm³/mol. The van der Waals surface area contributed by atoms with Gasteiger partial charge in [-0.3, -0.25) is 4.79 Å². The van der Waals surface area contributed by atoms with E-state index in [2.05, 4.69) is 0 Å². The Bertz CT molecular complexity index is 1350. The summed E-state index contributed by atoms with van der Waals surface area (Å²) < 4.78 is 28.7. The van der Waals surface area contributed by atoms with Gasteiger partial charge in [0.2, 0.25) is 15.9 Å². The molecule has 7 heteroatoms. The standard InChI is InChI=1S/C28H30N2O3S2/c1-2-3-17-30(35(32,33)27-16-15-24-12-7-8-13-25(24)19-27)22-28(31)29(21-26-14-9-18-34-26)20-23-10-5-4-6-11-23/h4-16,18-19H,2-3,17,20-22H2,1H3. The van der Waals surface area contributed by atoms with Crippen LogP contribution in [0.4, 0.5) is 0 Å². The highest BCUT2D eigenvalue weighted by Crippen LogP contribution is 2.23. The van der Waals surface area contributed by atoms with E-state index in [0.29, 0.717) is 26.1 Å². The summed E-state index contributed by atoms with van der Waals surface area (Å²) in [5.74, 6) is -0.206. The van der Waals surface area contributed by atoms with Gasteiger partial charge in [-0.25, -0.2) is 8.42 Å². The fourth-order valence-corrected chi connectivity index (χ4v) is 6.16. The Labute approximate surface area is 211 Å². The zero-order chi connectivity index (χ0) is 24.7. The lowest BCUT2D eigenvalue weighted by Crippen LogP contribution is -2.42. The number of carbonyl (C=O) groups is 1. The molecule has 1 aromatic heterocycles. The lowest BCUT2D eigenvalue weighted by Gasteiger charge is -2.27. The molecule has 0 unspecified atom stereocenters. The van der Waals surface area contributed by atoms with Crippen LogP contribution in [0.15, 0.2) is 95.2 Å². The van der Waals surface area contributed by atoms with E-state index in [9.17, 15) is 13.2 Å². The van der Waals surface area contributed by atoms with Crippen LogP contribution in [0, 0.1) is 0 Å². The summed E-state index contributed by atoms with van der Waals surface area (Å²) >= 11 is 1.59. The fourth-order valence-electron chi connectivity index (χ4n) is 3.97. The van der Waals surface area contributed by atoms with Gasteiger partial charge in [-0.05, 0) is 46.3 Å². The van der Waals surface area contributed by atoms with Crippen molar-refractivity contribution in [2.45, 2.75) is 37.8 Å². The molecular weight excluding hydrogens is 476 g/mol. The molecule has 1 amide bonds. The van der Waals surface area contributed by atoms with Gasteiger partial charge in [-0.1, -0.05) is 80.1 Å². The van der Waals surface area contributed by atoms with Gasteiger partial charge < -0.3 is 4.90 Å². The monoisotopic (exact) mass is 506 g/mol. The minimum atomic E-state index is -3.84. The molecule has 0 N–H and O–H groups in total. The quantitative estimate of drug-likeness (QED) is 0.254. The maximum atomic E-state index is 13.7. The van der Waals surface area contributed by atoms with Gasteiger partial charge in [0.1, 0.15) is 0 Å². The van der Waals surface area contributed by atoms with Crippen LogP contribution in [0.25, 0.3) is 10.8 Å². The Kier molecular flexibility index (Phi) is 8.33. The first kappa shape index (κ1) is 25.1. The second-order valence-electron chi connectivity index (χ2n) is 8.52. The van der Waals surface area contributed by atoms with E-state index in [1.165, 1.54) is 4.31 Å². The van der Waals surface area contributed by atoms with Crippen molar-refractivity contribution in [1.29, 1.82) is 0 Å². The molecule has 0 saturated carbocycles. The highest BCUT2D eigenvalue weighted by Gasteiger charge is 2.28. The minimum absolute atomic E-state index is 0.187. The molecule has 0 radical (unpaired) electrons. The molecule has 5 nitrogen and oxygen atoms in total. The molecule has 0 aliphatic carbocycles. The van der Waals surface area contributed by atoms with Crippen LogP contribution in [-0.4, -0.2) is 36.6 Å². The van der Waals surface area contributed by atoms with E-state index >= 15 is 0 Å². The number of unbranched alkanes of at least 4 members (excludes halogenated alkanes) is 1. The van der Waals surface area contributed by atoms with Gasteiger partial charge >= 0.3 is 0 Å². The maximum absolute atomic E-state index is 13.7. The topological polar surface area (TPSA) is 57.7 Å². The largest absolute Gasteiger partial charge is 0.332 e. The maximum Gasteiger partial charge on any atom is 0.243 e. The molecule has 182 valence electrons. The Morgan fingerprint density at radius 3 is 2.31 bits per heavy atom. The second-order valence-corrected chi connectivity index (χ2v) is 11.5. The molecule has 1 heterocycles. The first-order valence-corrected chi connectivity index (χ1v) is 14.1. The third-order valence-corrected chi connectivity index (χ3v) is 8.63. The lowest BCUT2D eigenvalue weighted by molar-refractivity contribution is -0.132. The van der Waals surface area contributed by atoms with E-state index < -0.39 is 10.0 Å². The van der Waals surface area contributed by atoms with E-state index in [0.717, 1.165) is 27.6 Å². The van der Waals surface area contributed by atoms with Crippen LogP contribution in [-0.2, 0) is 27.9 Å². The number of thiophene rings is 1. The smallest absolute Gasteiger partial charge is 0.243 e. The van der Waals surface area contributed by atoms with Crippen LogP contribution in [0.5, 0.6) is 0 Å². The van der Waals surface area contributed by atoms with Crippen molar-refractivity contribution in [3.63, 3.8) is 0 Å². The van der Waals surface area contributed by atoms with Gasteiger partial charge in [-0.15, -0.1) is 11.3 Å². The summed E-state index contributed by atoms with van der Waals surface area (Å²) in [7, 11) is -3.84. The molecule has 0 fully saturated rings. The van der Waals surface area contributed by atoms with Gasteiger partial charge in [0.05, 0.1) is 18.0 Å². The van der Waals surface area contributed by atoms with Gasteiger partial charge in [-0.2, -0.15) is 4.31 Å². The highest BCUT2D eigenvalue weighted by atomic mass is 32.2. The van der Waals surface area contributed by atoms with Crippen molar-refractivity contribution in [1.82, 2.24) is 9.21 Å². The number of fused-ring (bicyclic) bond motifs is 1. The van der Waals surface area contributed by atoms with Crippen molar-refractivity contribution in [3.05, 3.63) is 101 Å². The van der Waals surface area contributed by atoms with E-state index in [-0.39, 0.29) is 17.3 Å². The Balaban J connectivity index is 1.60. The van der Waals surface area contributed by atoms with E-state index in [1.54, 1.807) is 28.4 Å². The van der Waals surface area contributed by atoms with Gasteiger partial charge in [0.25, 0.3) is 0 Å². The summed E-state index contributed by atoms with van der Waals surface area (Å²) in [6, 6.07) is 26.6. The third kappa shape index (κ3) is 6.36. The molecule has 0 saturated heterocycles. The molecule has 35 heavy (non-hydrogen) atoms. The van der Waals surface area contributed by atoms with Crippen molar-refractivity contribution in [3.8, 4) is 0 Å². The zero-order valence-electron chi connectivity index (χ0n) is 19.8. The van der Waals surface area contributed by atoms with Crippen molar-refractivity contribution in [2.24, 2.45) is 0 Å². The van der Waals surface area contributed by atoms with E-state index in [1.807, 2.05) is 85.1 Å². The minimum Gasteiger partial charge on any atom is -0.332 e. The molecule has 0 aliphatic rings. The fraction of sp³-hybridized carbons (Fsp3) is 0.250. The first-order chi connectivity index (χ1) is 17.0. The van der Waals surface area contributed by atoms with Crippen molar-refractivity contribution >= 4 is 38.0 Å². The number of benzene rings is 3. The SMILES string of the molecule is CCCCN(CC(=O)N(Cc1ccccc1)Cc1cccs1)S(=O)(=O)c1ccc2ccccc2c1. The third-order valence-electron chi connectivity index (χ3n) is 5.93. The molecule has 4 rings (SSSR count). The number of rotatable bonds is 11. The van der Waals surface area contributed by atoms with Crippen LogP contribution in [0.1, 0.15) is 30.2 Å². The first-order valence-electron chi connectivity index (χ1n) is 11.8. The molecule has 0 atom stereocenters. The Hall–Kier alpha value is -3.00. The second kappa shape index (κ2) is 11.6. The molecule has 3 aromatic carbocycles. The average Bonchev–Trinajstić information content (AvgIpc) is 3.39. The Morgan fingerprint density at radius 2 is 1.60 bits per heavy atom. The zero-order valence-corrected chi connectivity index (χ0v) is 21.5. The molecule has 0 spiro atoms. The summed E-state index contributed by atoms with van der Waals surface area (Å²) in [6.07, 6.45) is 1.52. The summed E-state index contributed by atoms with van der Waals surface area (Å²) in [5, 5.41) is 3.82. The van der Waals surface area contributed by atoms with Crippen molar-refractivity contribution in [2.75, 3.05) is 13.1 Å². The predicted octanol–water partition coefficient (Wildman–Crippen LogP) is 5.92. The summed E-state index contributed by atoms with van der Waals surface area (Å²) in [6.45, 7) is 3.00. The average molecular weight is 507 g/mol. The molecule has 0 bridgehead atoms. The number of carbonyl (C=O) groups excluding carboxylic acids is 1. The van der Waals surface area contributed by atoms with Crippen LogP contribution < -0.4 is 0 Å². The lowest BCUT2D eigenvalue weighted by atomic mass is 10.1. The van der Waals surface area contributed by atoms with Crippen LogP contribution in [0.2, 0.25) is 0 Å². The van der Waals surface area contributed by atoms with Crippen LogP contribution >= 0.6 is 11.3 Å². The number of sulfonamides is 1. The Morgan fingerprint density at radius 1 is 0.857 bits per heavy atom. The molecular formula is C28H30N2O3S2. The number of amides is 1. The van der Waals surface area contributed by atoms with Crippen molar-refractivity contribution < 1.29 is 13.2 Å². The number of hydrogen-bond acceptors (Lipinski definition) is 4. The van der Waals surface area contributed by atoms with Crippen LogP contribution in [0.3, 0.4) is 0 Å². The number of hydrogen-bond donors (Lipinski definition) is 0. The van der Waals surface area contributed by atoms with E-state index in [4.69, 9.17) is 0 Å². The highest BCUT2D eigenvalue weighted by molar-refractivity contribution is 7.89. The summed E-state index contributed by atoms with van der Waals surface area (Å²) in [4.78, 5) is 16.6. The summed E-state index contributed by atoms with van der Waals surface area (Å²) in [5.41, 5.74) is 1.01. The van der Waals surface area contributed by atoms with Gasteiger partial charge in [0.15, 0.2) is 0 Å². The molecule has 0 aliphatic heterocycles. The molecule has 4 aromatic rings. The normalized spacial score (nSPS) is 11.7. The van der Waals surface area contributed by atoms with Gasteiger partial charge in [0, 0.05) is 18.0 Å².